The lowest BCUT2D eigenvalue weighted by atomic mass is 9.78. The van der Waals surface area contributed by atoms with Gasteiger partial charge < -0.3 is 25.6 Å². The van der Waals surface area contributed by atoms with E-state index in [2.05, 4.69) is 29.2 Å². The lowest BCUT2D eigenvalue weighted by molar-refractivity contribution is -0.164. The molecule has 9 nitrogen and oxygen atoms in total. The first-order chi connectivity index (χ1) is 27.2. The number of aliphatic imine (C=N–C) groups is 1. The van der Waals surface area contributed by atoms with Crippen LogP contribution >= 0.6 is 0 Å². The van der Waals surface area contributed by atoms with E-state index >= 15 is 0 Å². The molecule has 12 heteroatoms. The molecule has 302 valence electrons. The van der Waals surface area contributed by atoms with Crippen LogP contribution in [0.4, 0.5) is 13.2 Å². The highest BCUT2D eigenvalue weighted by atomic mass is 19.4. The lowest BCUT2D eigenvalue weighted by Crippen LogP contribution is -2.50. The van der Waals surface area contributed by atoms with E-state index in [0.717, 1.165) is 41.1 Å². The number of aromatic nitrogens is 1. The second-order valence-electron chi connectivity index (χ2n) is 15.6. The van der Waals surface area contributed by atoms with Crippen molar-refractivity contribution in [2.75, 3.05) is 6.54 Å². The number of amides is 1. The SMILES string of the molecule is CC(O)[C@]1(C(=O)N2CCc3ncc(C(F)(F)F)cc3C2)CC[C@@H](N)C1.CC(O)[C@]1(C(=O)OCc2ccccc2)CC[C@@H](N=C(c2ccccc2)c2ccccc2)C1. The topological polar surface area (TPSA) is 138 Å². The van der Waals surface area contributed by atoms with E-state index in [9.17, 15) is 33.0 Å². The van der Waals surface area contributed by atoms with Crippen molar-refractivity contribution in [3.63, 3.8) is 0 Å². The van der Waals surface area contributed by atoms with Gasteiger partial charge in [0.2, 0.25) is 5.91 Å². The molecule has 3 aliphatic rings. The Morgan fingerprint density at radius 1 is 0.895 bits per heavy atom. The number of aliphatic hydroxyl groups excluding tert-OH is 2. The number of carbonyl (C=O) groups is 2. The van der Waals surface area contributed by atoms with Crippen molar-refractivity contribution >= 4 is 17.6 Å². The summed E-state index contributed by atoms with van der Waals surface area (Å²) in [6.07, 6.45) is -1.57. The summed E-state index contributed by atoms with van der Waals surface area (Å²) in [4.78, 5) is 36.7. The van der Waals surface area contributed by atoms with Gasteiger partial charge in [-0.1, -0.05) is 91.0 Å². The maximum Gasteiger partial charge on any atom is 0.417 e. The Balaban J connectivity index is 0.000000199. The molecule has 6 atom stereocenters. The van der Waals surface area contributed by atoms with Gasteiger partial charge in [0.25, 0.3) is 0 Å². The molecule has 0 spiro atoms. The molecule has 7 rings (SSSR count). The predicted octanol–water partition coefficient (Wildman–Crippen LogP) is 7.05. The third kappa shape index (κ3) is 9.46. The first-order valence-electron chi connectivity index (χ1n) is 19.6. The molecule has 2 heterocycles. The van der Waals surface area contributed by atoms with Gasteiger partial charge in [-0.25, -0.2) is 0 Å². The number of aliphatic hydroxyl groups is 2. The van der Waals surface area contributed by atoms with E-state index in [1.807, 2.05) is 66.7 Å². The van der Waals surface area contributed by atoms with Gasteiger partial charge in [0.05, 0.1) is 40.4 Å². The summed E-state index contributed by atoms with van der Waals surface area (Å²) in [6.45, 7) is 3.94. The van der Waals surface area contributed by atoms with Crippen molar-refractivity contribution < 1.29 is 37.7 Å². The fraction of sp³-hybridized carbons (Fsp3) is 0.422. The second-order valence-corrected chi connectivity index (χ2v) is 15.6. The fourth-order valence-corrected chi connectivity index (χ4v) is 8.39. The van der Waals surface area contributed by atoms with Crippen LogP contribution < -0.4 is 5.73 Å². The van der Waals surface area contributed by atoms with Crippen molar-refractivity contribution in [3.8, 4) is 0 Å². The van der Waals surface area contributed by atoms with E-state index in [0.29, 0.717) is 56.3 Å². The van der Waals surface area contributed by atoms with E-state index in [-0.39, 0.29) is 37.1 Å². The average molecular weight is 785 g/mol. The van der Waals surface area contributed by atoms with E-state index in [1.165, 1.54) is 4.90 Å². The lowest BCUT2D eigenvalue weighted by Gasteiger charge is -2.38. The minimum Gasteiger partial charge on any atom is -0.460 e. The fourth-order valence-electron chi connectivity index (χ4n) is 8.39. The average Bonchev–Trinajstić information content (AvgIpc) is 3.85. The van der Waals surface area contributed by atoms with Crippen LogP contribution in [-0.2, 0) is 40.1 Å². The van der Waals surface area contributed by atoms with E-state index < -0.39 is 34.8 Å². The van der Waals surface area contributed by atoms with Gasteiger partial charge in [-0.3, -0.25) is 19.6 Å². The Hall–Kier alpha value is -4.91. The highest BCUT2D eigenvalue weighted by Crippen LogP contribution is 2.45. The number of esters is 1. The molecule has 2 aliphatic carbocycles. The molecule has 57 heavy (non-hydrogen) atoms. The molecule has 1 aliphatic heterocycles. The molecule has 0 saturated heterocycles. The molecule has 2 unspecified atom stereocenters. The number of fused-ring (bicyclic) bond motifs is 1. The Labute approximate surface area is 331 Å². The first-order valence-corrected chi connectivity index (χ1v) is 19.6. The number of alkyl halides is 3. The molecule has 4 N–H and O–H groups in total. The maximum atomic E-state index is 13.1. The molecule has 4 aromatic rings. The minimum atomic E-state index is -4.46. The van der Waals surface area contributed by atoms with Crippen molar-refractivity contribution in [1.29, 1.82) is 0 Å². The van der Waals surface area contributed by atoms with E-state index in [4.69, 9.17) is 15.5 Å². The van der Waals surface area contributed by atoms with Gasteiger partial charge >= 0.3 is 12.1 Å². The van der Waals surface area contributed by atoms with Crippen LogP contribution in [0.1, 0.15) is 85.9 Å². The molecule has 2 fully saturated rings. The Kier molecular flexibility index (Phi) is 13.0. The summed E-state index contributed by atoms with van der Waals surface area (Å²) in [6, 6.07) is 30.7. The zero-order valence-corrected chi connectivity index (χ0v) is 32.4. The summed E-state index contributed by atoms with van der Waals surface area (Å²) >= 11 is 0. The summed E-state index contributed by atoms with van der Waals surface area (Å²) in [5.41, 5.74) is 8.20. The molecule has 0 bridgehead atoms. The number of nitrogens with two attached hydrogens (primary N) is 1. The van der Waals surface area contributed by atoms with Crippen molar-refractivity contribution in [3.05, 3.63) is 137 Å². The monoisotopic (exact) mass is 784 g/mol. The predicted molar refractivity (Wildman–Crippen MR) is 211 cm³/mol. The zero-order chi connectivity index (χ0) is 40.8. The van der Waals surface area contributed by atoms with E-state index in [1.54, 1.807) is 13.8 Å². The van der Waals surface area contributed by atoms with Crippen molar-refractivity contribution in [2.24, 2.45) is 21.6 Å². The molecule has 1 amide bonds. The molecule has 0 radical (unpaired) electrons. The number of hydrogen-bond acceptors (Lipinski definition) is 8. The summed E-state index contributed by atoms with van der Waals surface area (Å²) in [5.74, 6) is -0.562. The van der Waals surface area contributed by atoms with Gasteiger partial charge in [0, 0.05) is 48.6 Å². The van der Waals surface area contributed by atoms with Crippen LogP contribution in [0.3, 0.4) is 0 Å². The van der Waals surface area contributed by atoms with Crippen LogP contribution in [0.5, 0.6) is 0 Å². The Morgan fingerprint density at radius 2 is 1.47 bits per heavy atom. The quantitative estimate of drug-likeness (QED) is 0.122. The number of rotatable bonds is 9. The van der Waals surface area contributed by atoms with Crippen molar-refractivity contribution in [1.82, 2.24) is 9.88 Å². The van der Waals surface area contributed by atoms with Gasteiger partial charge in [-0.15, -0.1) is 0 Å². The maximum absolute atomic E-state index is 13.1. The highest BCUT2D eigenvalue weighted by molar-refractivity contribution is 6.13. The summed E-state index contributed by atoms with van der Waals surface area (Å²) in [7, 11) is 0. The van der Waals surface area contributed by atoms with Gasteiger partial charge in [-0.2, -0.15) is 13.2 Å². The normalized spacial score (nSPS) is 24.0. The number of pyridine rings is 1. The van der Waals surface area contributed by atoms with Gasteiger partial charge in [0.1, 0.15) is 6.61 Å². The molecule has 1 aromatic heterocycles. The number of ether oxygens (including phenoxy) is 1. The highest BCUT2D eigenvalue weighted by Gasteiger charge is 2.51. The number of hydrogen-bond donors (Lipinski definition) is 3. The number of benzene rings is 3. The van der Waals surface area contributed by atoms with Crippen LogP contribution in [0.15, 0.2) is 108 Å². The third-order valence-corrected chi connectivity index (χ3v) is 11.8. The Morgan fingerprint density at radius 3 is 2.02 bits per heavy atom. The van der Waals surface area contributed by atoms with Gasteiger partial charge in [-0.05, 0) is 69.6 Å². The van der Waals surface area contributed by atoms with Crippen LogP contribution in [-0.4, -0.2) is 68.5 Å². The molecular weight excluding hydrogens is 734 g/mol. The van der Waals surface area contributed by atoms with Gasteiger partial charge in [0.15, 0.2) is 0 Å². The molecule has 3 aromatic carbocycles. The number of nitrogens with zero attached hydrogens (tertiary/aromatic N) is 3. The number of carbonyl (C=O) groups excluding carboxylic acids is 2. The van der Waals surface area contributed by atoms with Crippen LogP contribution in [0, 0.1) is 10.8 Å². The standard InChI is InChI=1S/C28H29NO3.C17H22F3N3O2/c1-21(30)28(27(31)32-20-22-11-5-2-6-12-22)18-17-25(19-28)29-26(23-13-7-3-8-14-23)24-15-9-4-10-16-24;1-10(24)16(4-2-13(21)7-16)15(25)23-5-3-14-11(9-23)6-12(8-22-14)17(18,19)20/h2-16,21,25,30H,17-20H2,1H3;6,8,10,13,24H,2-5,7,9,21H2,1H3/t21?,25-,28+;10?,13-,16+/m11/s1. The largest absolute Gasteiger partial charge is 0.460 e. The zero-order valence-electron chi connectivity index (χ0n) is 32.4. The third-order valence-electron chi connectivity index (χ3n) is 11.8. The second kappa shape index (κ2) is 17.7. The van der Waals surface area contributed by atoms with Crippen LogP contribution in [0.2, 0.25) is 0 Å². The summed E-state index contributed by atoms with van der Waals surface area (Å²) in [5, 5.41) is 20.8. The Bertz CT molecular complexity index is 1970. The smallest absolute Gasteiger partial charge is 0.417 e. The van der Waals surface area contributed by atoms with Crippen LogP contribution in [0.25, 0.3) is 0 Å². The molecule has 2 saturated carbocycles. The van der Waals surface area contributed by atoms with Crippen molar-refractivity contribution in [2.45, 2.75) is 102 Å². The number of halogens is 3. The molecular formula is C45H51F3N4O5. The first kappa shape index (κ1) is 41.7. The summed E-state index contributed by atoms with van der Waals surface area (Å²) < 4.78 is 44.4. The minimum absolute atomic E-state index is 0.0655.